The number of carbonyl (C=O) groups is 3. The molecule has 2 heterocycles. The predicted molar refractivity (Wildman–Crippen MR) is 112 cm³/mol. The summed E-state index contributed by atoms with van der Waals surface area (Å²) in [6.07, 6.45) is 1.56. The third kappa shape index (κ3) is 3.55. The fourth-order valence-electron chi connectivity index (χ4n) is 3.48. The first-order valence-corrected chi connectivity index (χ1v) is 9.40. The zero-order chi connectivity index (χ0) is 21.3. The molecule has 1 atom stereocenters. The van der Waals surface area contributed by atoms with Crippen molar-refractivity contribution in [3.63, 3.8) is 0 Å². The number of rotatable bonds is 5. The van der Waals surface area contributed by atoms with Crippen molar-refractivity contribution in [3.8, 4) is 16.9 Å². The number of para-hydroxylation sites is 1. The Kier molecular flexibility index (Phi) is 5.05. The fourth-order valence-corrected chi connectivity index (χ4v) is 3.48. The van der Waals surface area contributed by atoms with Crippen molar-refractivity contribution in [3.05, 3.63) is 60.3 Å². The molecule has 152 valence electrons. The van der Waals surface area contributed by atoms with Gasteiger partial charge in [0.05, 0.1) is 19.7 Å². The average Bonchev–Trinajstić information content (AvgIpc) is 3.16. The van der Waals surface area contributed by atoms with E-state index in [4.69, 9.17) is 4.74 Å². The Morgan fingerprint density at radius 3 is 2.73 bits per heavy atom. The Balaban J connectivity index is 1.67. The molecule has 8 nitrogen and oxygen atoms in total. The second-order valence-electron chi connectivity index (χ2n) is 6.95. The van der Waals surface area contributed by atoms with Gasteiger partial charge in [-0.1, -0.05) is 30.3 Å². The number of methoxy groups -OCH3 is 1. The second kappa shape index (κ2) is 7.82. The number of benzene rings is 2. The number of fused-ring (bicyclic) bond motifs is 1. The lowest BCUT2D eigenvalue weighted by atomic mass is 10.1. The van der Waals surface area contributed by atoms with Gasteiger partial charge in [-0.15, -0.1) is 0 Å². The van der Waals surface area contributed by atoms with E-state index in [1.807, 2.05) is 24.3 Å². The maximum absolute atomic E-state index is 13.0. The van der Waals surface area contributed by atoms with E-state index < -0.39 is 6.04 Å². The van der Waals surface area contributed by atoms with Crippen LogP contribution in [0.15, 0.2) is 54.7 Å². The van der Waals surface area contributed by atoms with Crippen molar-refractivity contribution in [2.75, 3.05) is 17.7 Å². The molecule has 0 spiro atoms. The highest BCUT2D eigenvalue weighted by Gasteiger charge is 2.33. The van der Waals surface area contributed by atoms with E-state index in [0.29, 0.717) is 28.4 Å². The molecule has 0 saturated carbocycles. The lowest BCUT2D eigenvalue weighted by Crippen LogP contribution is -2.35. The van der Waals surface area contributed by atoms with E-state index >= 15 is 0 Å². The van der Waals surface area contributed by atoms with Crippen LogP contribution >= 0.6 is 0 Å². The minimum absolute atomic E-state index is 0.0434. The fraction of sp³-hybridized carbons (Fsp3) is 0.182. The first-order chi connectivity index (χ1) is 14.5. The molecule has 3 aromatic rings. The molecule has 1 aromatic heterocycles. The standard InChI is InChI=1S/C22H20N4O4/c1-13(27)14-6-5-7-15(10-14)24-22(29)18-11-20(28)25-21-17(12-23-26(18)21)16-8-3-4-9-19(16)30-2/h3-10,12,18H,11H2,1-2H3,(H,24,29)(H,25,28). The Bertz CT molecular complexity index is 1150. The average molecular weight is 404 g/mol. The van der Waals surface area contributed by atoms with Gasteiger partial charge in [0.1, 0.15) is 17.6 Å². The number of hydrogen-bond donors (Lipinski definition) is 2. The molecule has 8 heteroatoms. The highest BCUT2D eigenvalue weighted by Crippen LogP contribution is 2.38. The van der Waals surface area contributed by atoms with Gasteiger partial charge in [-0.2, -0.15) is 5.10 Å². The van der Waals surface area contributed by atoms with Gasteiger partial charge < -0.3 is 15.4 Å². The van der Waals surface area contributed by atoms with Gasteiger partial charge in [0.2, 0.25) is 11.8 Å². The van der Waals surface area contributed by atoms with Crippen LogP contribution in [-0.4, -0.2) is 34.5 Å². The van der Waals surface area contributed by atoms with E-state index in [1.165, 1.54) is 11.6 Å². The van der Waals surface area contributed by atoms with Crippen molar-refractivity contribution in [1.29, 1.82) is 0 Å². The smallest absolute Gasteiger partial charge is 0.249 e. The minimum atomic E-state index is -0.821. The first kappa shape index (κ1) is 19.4. The first-order valence-electron chi connectivity index (χ1n) is 9.40. The van der Waals surface area contributed by atoms with Crippen LogP contribution in [0.1, 0.15) is 29.7 Å². The number of ketones is 1. The van der Waals surface area contributed by atoms with Gasteiger partial charge in [0, 0.05) is 22.4 Å². The molecule has 30 heavy (non-hydrogen) atoms. The normalized spacial score (nSPS) is 15.1. The molecule has 4 rings (SSSR count). The van der Waals surface area contributed by atoms with E-state index in [9.17, 15) is 14.4 Å². The van der Waals surface area contributed by atoms with Gasteiger partial charge in [0.25, 0.3) is 0 Å². The molecular weight excluding hydrogens is 384 g/mol. The summed E-state index contributed by atoms with van der Waals surface area (Å²) in [4.78, 5) is 36.9. The monoisotopic (exact) mass is 404 g/mol. The molecular formula is C22H20N4O4. The topological polar surface area (TPSA) is 102 Å². The molecule has 0 aliphatic carbocycles. The van der Waals surface area contributed by atoms with Gasteiger partial charge >= 0.3 is 0 Å². The molecule has 1 unspecified atom stereocenters. The molecule has 2 aromatic carbocycles. The number of ether oxygens (including phenoxy) is 1. The van der Waals surface area contributed by atoms with Crippen LogP contribution in [0.2, 0.25) is 0 Å². The number of nitrogens with zero attached hydrogens (tertiary/aromatic N) is 2. The zero-order valence-corrected chi connectivity index (χ0v) is 16.5. The van der Waals surface area contributed by atoms with Gasteiger partial charge in [0.15, 0.2) is 5.78 Å². The van der Waals surface area contributed by atoms with E-state index in [1.54, 1.807) is 37.6 Å². The molecule has 0 bridgehead atoms. The van der Waals surface area contributed by atoms with Crippen LogP contribution in [0.5, 0.6) is 5.75 Å². The minimum Gasteiger partial charge on any atom is -0.496 e. The summed E-state index contributed by atoms with van der Waals surface area (Å²) in [5.74, 6) is 0.306. The van der Waals surface area contributed by atoms with Crippen molar-refractivity contribution in [2.24, 2.45) is 0 Å². The van der Waals surface area contributed by atoms with Crippen molar-refractivity contribution >= 4 is 29.1 Å². The summed E-state index contributed by atoms with van der Waals surface area (Å²) >= 11 is 0. The van der Waals surface area contributed by atoms with Crippen LogP contribution in [0.3, 0.4) is 0 Å². The van der Waals surface area contributed by atoms with Gasteiger partial charge in [-0.05, 0) is 25.1 Å². The largest absolute Gasteiger partial charge is 0.496 e. The van der Waals surface area contributed by atoms with Crippen LogP contribution < -0.4 is 15.4 Å². The van der Waals surface area contributed by atoms with Crippen molar-refractivity contribution in [1.82, 2.24) is 9.78 Å². The summed E-state index contributed by atoms with van der Waals surface area (Å²) in [6, 6.07) is 13.2. The molecule has 1 aliphatic heterocycles. The number of Topliss-reactive ketones (excluding diaryl/α,β-unsaturated/α-hetero) is 1. The Morgan fingerprint density at radius 2 is 1.97 bits per heavy atom. The number of hydrogen-bond acceptors (Lipinski definition) is 5. The highest BCUT2D eigenvalue weighted by molar-refractivity contribution is 6.04. The van der Waals surface area contributed by atoms with E-state index in [2.05, 4.69) is 15.7 Å². The van der Waals surface area contributed by atoms with Crippen LogP contribution in [-0.2, 0) is 9.59 Å². The van der Waals surface area contributed by atoms with E-state index in [0.717, 1.165) is 5.56 Å². The van der Waals surface area contributed by atoms with Crippen LogP contribution in [0.4, 0.5) is 11.5 Å². The summed E-state index contributed by atoms with van der Waals surface area (Å²) in [7, 11) is 1.57. The third-order valence-electron chi connectivity index (χ3n) is 4.96. The lowest BCUT2D eigenvalue weighted by Gasteiger charge is -2.24. The zero-order valence-electron chi connectivity index (χ0n) is 16.5. The Labute approximate surface area is 172 Å². The number of carbonyl (C=O) groups excluding carboxylic acids is 3. The molecule has 0 radical (unpaired) electrons. The van der Waals surface area contributed by atoms with Crippen LogP contribution in [0.25, 0.3) is 11.1 Å². The summed E-state index contributed by atoms with van der Waals surface area (Å²) < 4.78 is 6.92. The van der Waals surface area contributed by atoms with Crippen molar-refractivity contribution in [2.45, 2.75) is 19.4 Å². The maximum atomic E-state index is 13.0. The molecule has 0 saturated heterocycles. The molecule has 0 fully saturated rings. The van der Waals surface area contributed by atoms with Crippen molar-refractivity contribution < 1.29 is 19.1 Å². The quantitative estimate of drug-likeness (QED) is 0.636. The molecule has 2 N–H and O–H groups in total. The van der Waals surface area contributed by atoms with Gasteiger partial charge in [-0.3, -0.25) is 14.4 Å². The summed E-state index contributed by atoms with van der Waals surface area (Å²) in [6.45, 7) is 1.46. The number of anilines is 2. The lowest BCUT2D eigenvalue weighted by molar-refractivity contribution is -0.125. The number of aromatic nitrogens is 2. The van der Waals surface area contributed by atoms with E-state index in [-0.39, 0.29) is 24.0 Å². The van der Waals surface area contributed by atoms with Crippen LogP contribution in [0, 0.1) is 0 Å². The second-order valence-corrected chi connectivity index (χ2v) is 6.95. The Morgan fingerprint density at radius 1 is 1.17 bits per heavy atom. The predicted octanol–water partition coefficient (Wildman–Crippen LogP) is 3.28. The summed E-state index contributed by atoms with van der Waals surface area (Å²) in [5, 5.41) is 9.96. The third-order valence-corrected chi connectivity index (χ3v) is 4.96. The summed E-state index contributed by atoms with van der Waals surface area (Å²) in [5.41, 5.74) is 2.40. The molecule has 2 amide bonds. The Hall–Kier alpha value is -3.94. The highest BCUT2D eigenvalue weighted by atomic mass is 16.5. The molecule has 1 aliphatic rings. The SMILES string of the molecule is COc1ccccc1-c1cnn2c1NC(=O)CC2C(=O)Nc1cccc(C(C)=O)c1. The number of amides is 2. The number of nitrogens with one attached hydrogen (secondary N) is 2. The maximum Gasteiger partial charge on any atom is 0.249 e. The van der Waals surface area contributed by atoms with Gasteiger partial charge in [-0.25, -0.2) is 4.68 Å².